The summed E-state index contributed by atoms with van der Waals surface area (Å²) < 4.78 is 26.9. The number of nitrogens with zero attached hydrogens (tertiary/aromatic N) is 1. The topological polar surface area (TPSA) is 85.1 Å². The third-order valence-corrected chi connectivity index (χ3v) is 7.15. The molecule has 1 saturated heterocycles. The zero-order valence-electron chi connectivity index (χ0n) is 10.6. The van der Waals surface area contributed by atoms with Gasteiger partial charge in [0.1, 0.15) is 9.88 Å². The Balaban J connectivity index is 2.00. The number of hydrogen-bond acceptors (Lipinski definition) is 6. The van der Waals surface area contributed by atoms with Gasteiger partial charge in [-0.1, -0.05) is 12.2 Å². The van der Waals surface area contributed by atoms with E-state index in [9.17, 15) is 8.42 Å². The fourth-order valence-electron chi connectivity index (χ4n) is 1.63. The summed E-state index contributed by atoms with van der Waals surface area (Å²) in [6, 6.07) is 2.98. The molecule has 20 heavy (non-hydrogen) atoms. The van der Waals surface area contributed by atoms with E-state index in [1.807, 2.05) is 23.5 Å². The maximum absolute atomic E-state index is 12.1. The van der Waals surface area contributed by atoms with Crippen molar-refractivity contribution in [1.29, 1.82) is 0 Å². The van der Waals surface area contributed by atoms with Crippen molar-refractivity contribution in [1.82, 2.24) is 9.71 Å². The lowest BCUT2D eigenvalue weighted by Gasteiger charge is -2.21. The fraction of sp³-hybridized carbons (Fsp3) is 0.455. The largest absolute Gasteiger partial charge is 0.388 e. The second kappa shape index (κ2) is 7.08. The summed E-state index contributed by atoms with van der Waals surface area (Å²) in [5, 5.41) is 0.326. The normalized spacial score (nSPS) is 19.7. The number of thioether (sulfide) groups is 2. The maximum atomic E-state index is 12.1. The van der Waals surface area contributed by atoms with Gasteiger partial charge in [-0.2, -0.15) is 23.5 Å². The molecule has 0 bridgehead atoms. The van der Waals surface area contributed by atoms with Crippen molar-refractivity contribution in [3.8, 4) is 0 Å². The minimum atomic E-state index is -3.52. The third-order valence-electron chi connectivity index (χ3n) is 2.69. The third kappa shape index (κ3) is 4.32. The summed E-state index contributed by atoms with van der Waals surface area (Å²) in [5.41, 5.74) is 5.84. The Bertz CT molecular complexity index is 568. The van der Waals surface area contributed by atoms with E-state index in [1.54, 1.807) is 0 Å². The van der Waals surface area contributed by atoms with Crippen molar-refractivity contribution < 1.29 is 8.42 Å². The minimum Gasteiger partial charge on any atom is -0.388 e. The highest BCUT2D eigenvalue weighted by Gasteiger charge is 2.19. The molecule has 9 heteroatoms. The number of pyridine rings is 1. The molecule has 0 aliphatic carbocycles. The van der Waals surface area contributed by atoms with Gasteiger partial charge in [0.25, 0.3) is 0 Å². The van der Waals surface area contributed by atoms with Crippen LogP contribution in [-0.4, -0.2) is 47.4 Å². The molecular formula is C11H15N3O2S4. The van der Waals surface area contributed by atoms with Crippen molar-refractivity contribution in [2.24, 2.45) is 5.73 Å². The van der Waals surface area contributed by atoms with Gasteiger partial charge in [-0.15, -0.1) is 0 Å². The first kappa shape index (κ1) is 16.0. The van der Waals surface area contributed by atoms with E-state index in [-0.39, 0.29) is 9.88 Å². The molecule has 1 fully saturated rings. The van der Waals surface area contributed by atoms with E-state index >= 15 is 0 Å². The lowest BCUT2D eigenvalue weighted by Crippen LogP contribution is -2.33. The molecule has 0 aromatic carbocycles. The van der Waals surface area contributed by atoms with E-state index in [1.165, 1.54) is 18.3 Å². The van der Waals surface area contributed by atoms with Crippen molar-refractivity contribution in [2.45, 2.75) is 10.1 Å². The molecular weight excluding hydrogens is 334 g/mol. The Morgan fingerprint density at radius 3 is 2.85 bits per heavy atom. The first-order valence-corrected chi connectivity index (χ1v) is 10.0. The molecule has 1 aliphatic heterocycles. The highest BCUT2D eigenvalue weighted by molar-refractivity contribution is 8.06. The number of sulfonamides is 1. The molecule has 2 heterocycles. The van der Waals surface area contributed by atoms with E-state index in [2.05, 4.69) is 9.71 Å². The van der Waals surface area contributed by atoms with Crippen molar-refractivity contribution in [3.05, 3.63) is 24.0 Å². The Morgan fingerprint density at radius 1 is 1.50 bits per heavy atom. The molecule has 1 atom stereocenters. The molecule has 1 unspecified atom stereocenters. The van der Waals surface area contributed by atoms with Crippen molar-refractivity contribution in [3.63, 3.8) is 0 Å². The van der Waals surface area contributed by atoms with E-state index < -0.39 is 10.0 Å². The second-order valence-electron chi connectivity index (χ2n) is 4.16. The van der Waals surface area contributed by atoms with Gasteiger partial charge in [-0.3, -0.25) is 4.98 Å². The summed E-state index contributed by atoms with van der Waals surface area (Å²) >= 11 is 8.45. The summed E-state index contributed by atoms with van der Waals surface area (Å²) in [4.78, 5) is 4.23. The van der Waals surface area contributed by atoms with Gasteiger partial charge in [0.05, 0.1) is 5.69 Å². The zero-order valence-corrected chi connectivity index (χ0v) is 13.9. The number of aromatic nitrogens is 1. The lowest BCUT2D eigenvalue weighted by molar-refractivity contribution is 0.581. The minimum absolute atomic E-state index is 0.131. The number of nitrogens with two attached hydrogens (primary N) is 1. The van der Waals surface area contributed by atoms with Gasteiger partial charge in [0, 0.05) is 35.3 Å². The predicted molar refractivity (Wildman–Crippen MR) is 88.9 cm³/mol. The van der Waals surface area contributed by atoms with Crippen LogP contribution in [0.25, 0.3) is 0 Å². The average Bonchev–Trinajstić information content (AvgIpc) is 2.46. The Hall–Kier alpha value is -0.350. The van der Waals surface area contributed by atoms with Crippen LogP contribution in [0.1, 0.15) is 5.69 Å². The lowest BCUT2D eigenvalue weighted by atomic mass is 10.3. The first-order chi connectivity index (χ1) is 9.49. The van der Waals surface area contributed by atoms with Crippen LogP contribution >= 0.6 is 35.7 Å². The Morgan fingerprint density at radius 2 is 2.30 bits per heavy atom. The molecule has 3 N–H and O–H groups in total. The van der Waals surface area contributed by atoms with Gasteiger partial charge in [0.2, 0.25) is 10.0 Å². The van der Waals surface area contributed by atoms with Crippen LogP contribution in [0.4, 0.5) is 0 Å². The molecule has 0 amide bonds. The van der Waals surface area contributed by atoms with Crippen LogP contribution in [-0.2, 0) is 10.0 Å². The van der Waals surface area contributed by atoms with Crippen LogP contribution in [0.3, 0.4) is 0 Å². The highest BCUT2D eigenvalue weighted by atomic mass is 32.2. The van der Waals surface area contributed by atoms with Crippen LogP contribution < -0.4 is 10.5 Å². The first-order valence-electron chi connectivity index (χ1n) is 5.94. The molecule has 1 aliphatic rings. The second-order valence-corrected chi connectivity index (χ2v) is 8.93. The quantitative estimate of drug-likeness (QED) is 0.762. The van der Waals surface area contributed by atoms with Crippen LogP contribution in [0.15, 0.2) is 23.2 Å². The molecule has 1 aromatic rings. The summed E-state index contributed by atoms with van der Waals surface area (Å²) in [6.45, 7) is 0.442. The number of hydrogen-bond donors (Lipinski definition) is 2. The maximum Gasteiger partial charge on any atom is 0.242 e. The van der Waals surface area contributed by atoms with Gasteiger partial charge in [-0.05, 0) is 12.1 Å². The monoisotopic (exact) mass is 349 g/mol. The Labute approximate surface area is 132 Å². The standard InChI is InChI=1S/C11H15N3O2S4/c12-11(17)10-2-1-9(6-13-10)20(15,16)14-5-8-7-18-3-4-19-8/h1-2,6,8,14H,3-5,7H2,(H2,12,17). The number of rotatable bonds is 5. The molecule has 110 valence electrons. The van der Waals surface area contributed by atoms with Gasteiger partial charge < -0.3 is 5.73 Å². The number of thiocarbonyl (C=S) groups is 1. The molecule has 1 aromatic heterocycles. The van der Waals surface area contributed by atoms with Crippen LogP contribution in [0.2, 0.25) is 0 Å². The zero-order chi connectivity index (χ0) is 14.6. The Kier molecular flexibility index (Phi) is 5.67. The SMILES string of the molecule is NC(=S)c1ccc(S(=O)(=O)NCC2CSCCS2)cn1. The summed E-state index contributed by atoms with van der Waals surface area (Å²) in [6.07, 6.45) is 1.28. The van der Waals surface area contributed by atoms with E-state index in [0.29, 0.717) is 17.5 Å². The van der Waals surface area contributed by atoms with Crippen molar-refractivity contribution >= 4 is 50.8 Å². The highest BCUT2D eigenvalue weighted by Crippen LogP contribution is 2.23. The molecule has 0 radical (unpaired) electrons. The smallest absolute Gasteiger partial charge is 0.242 e. The van der Waals surface area contributed by atoms with Crippen LogP contribution in [0, 0.1) is 0 Å². The summed E-state index contributed by atoms with van der Waals surface area (Å²) in [5.74, 6) is 3.19. The molecule has 0 saturated carbocycles. The fourth-order valence-corrected chi connectivity index (χ4v) is 5.49. The molecule has 2 rings (SSSR count). The van der Waals surface area contributed by atoms with Crippen molar-refractivity contribution in [2.75, 3.05) is 23.8 Å². The number of nitrogens with one attached hydrogen (secondary N) is 1. The van der Waals surface area contributed by atoms with Gasteiger partial charge in [0.15, 0.2) is 0 Å². The van der Waals surface area contributed by atoms with Gasteiger partial charge in [-0.25, -0.2) is 13.1 Å². The molecule has 5 nitrogen and oxygen atoms in total. The van der Waals surface area contributed by atoms with E-state index in [0.717, 1.165) is 17.3 Å². The predicted octanol–water partition coefficient (Wildman–Crippen LogP) is 0.843. The van der Waals surface area contributed by atoms with Gasteiger partial charge >= 0.3 is 0 Å². The average molecular weight is 350 g/mol. The molecule has 0 spiro atoms. The van der Waals surface area contributed by atoms with Crippen LogP contribution in [0.5, 0.6) is 0 Å². The van der Waals surface area contributed by atoms with E-state index in [4.69, 9.17) is 18.0 Å². The summed E-state index contributed by atoms with van der Waals surface area (Å²) in [7, 11) is -3.52.